The summed E-state index contributed by atoms with van der Waals surface area (Å²) in [5.41, 5.74) is 2.98. The van der Waals surface area contributed by atoms with Crippen molar-refractivity contribution in [2.75, 3.05) is 5.32 Å². The van der Waals surface area contributed by atoms with Crippen molar-refractivity contribution in [2.24, 2.45) is 0 Å². The van der Waals surface area contributed by atoms with Gasteiger partial charge in [0, 0.05) is 17.6 Å². The van der Waals surface area contributed by atoms with Crippen molar-refractivity contribution in [3.63, 3.8) is 0 Å². The fraction of sp³-hybridized carbons (Fsp3) is 0.105. The second-order valence-corrected chi connectivity index (χ2v) is 7.38. The molecule has 1 N–H and O–H groups in total. The van der Waals surface area contributed by atoms with E-state index in [2.05, 4.69) is 31.2 Å². The van der Waals surface area contributed by atoms with Crippen LogP contribution in [0, 0.1) is 12.7 Å². The van der Waals surface area contributed by atoms with E-state index in [9.17, 15) is 9.18 Å². The SMILES string of the molecule is Cc1cccc(NC(=O)c2nc(SCc3ccc(F)cc3)ncc2Br)c1. The number of hydrogen-bond donors (Lipinski definition) is 1. The van der Waals surface area contributed by atoms with Crippen molar-refractivity contribution in [3.8, 4) is 0 Å². The molecular weight excluding hydrogens is 417 g/mol. The third-order valence-electron chi connectivity index (χ3n) is 3.49. The number of aromatic nitrogens is 2. The van der Waals surface area contributed by atoms with Gasteiger partial charge in [-0.25, -0.2) is 14.4 Å². The Morgan fingerprint density at radius 2 is 2.00 bits per heavy atom. The Labute approximate surface area is 163 Å². The molecule has 0 spiro atoms. The quantitative estimate of drug-likeness (QED) is 0.443. The number of nitrogens with one attached hydrogen (secondary N) is 1. The van der Waals surface area contributed by atoms with Gasteiger partial charge in [-0.1, -0.05) is 36.0 Å². The zero-order valence-corrected chi connectivity index (χ0v) is 16.3. The number of anilines is 1. The molecule has 0 unspecified atom stereocenters. The highest BCUT2D eigenvalue weighted by Crippen LogP contribution is 2.23. The number of carbonyl (C=O) groups excluding carboxylic acids is 1. The summed E-state index contributed by atoms with van der Waals surface area (Å²) < 4.78 is 13.5. The first kappa shape index (κ1) is 18.5. The molecule has 3 rings (SSSR count). The highest BCUT2D eigenvalue weighted by Gasteiger charge is 2.14. The molecular formula is C19H15BrFN3OS. The molecule has 1 amide bonds. The van der Waals surface area contributed by atoms with Crippen molar-refractivity contribution in [3.05, 3.63) is 81.8 Å². The van der Waals surface area contributed by atoms with Gasteiger partial charge in [-0.15, -0.1) is 0 Å². The number of aryl methyl sites for hydroxylation is 1. The van der Waals surface area contributed by atoms with Gasteiger partial charge in [0.05, 0.1) is 4.47 Å². The van der Waals surface area contributed by atoms with E-state index in [0.717, 1.165) is 11.1 Å². The molecule has 2 aromatic carbocycles. The minimum atomic E-state index is -0.312. The first-order valence-electron chi connectivity index (χ1n) is 7.79. The monoisotopic (exact) mass is 431 g/mol. The second-order valence-electron chi connectivity index (χ2n) is 5.59. The summed E-state index contributed by atoms with van der Waals surface area (Å²) in [5.74, 6) is 0.00293. The number of nitrogens with zero attached hydrogens (tertiary/aromatic N) is 2. The molecule has 1 aromatic heterocycles. The van der Waals surface area contributed by atoms with E-state index in [1.807, 2.05) is 31.2 Å². The molecule has 0 fully saturated rings. The Morgan fingerprint density at radius 3 is 2.73 bits per heavy atom. The number of hydrogen-bond acceptors (Lipinski definition) is 4. The molecule has 0 saturated carbocycles. The predicted octanol–water partition coefficient (Wildman–Crippen LogP) is 5.23. The van der Waals surface area contributed by atoms with Gasteiger partial charge in [-0.3, -0.25) is 4.79 Å². The first-order chi connectivity index (χ1) is 12.5. The fourth-order valence-corrected chi connectivity index (χ4v) is 3.36. The van der Waals surface area contributed by atoms with Crippen LogP contribution in [-0.4, -0.2) is 15.9 Å². The molecule has 0 radical (unpaired) electrons. The molecule has 0 saturated heterocycles. The lowest BCUT2D eigenvalue weighted by Gasteiger charge is -2.08. The lowest BCUT2D eigenvalue weighted by atomic mass is 10.2. The van der Waals surface area contributed by atoms with E-state index in [4.69, 9.17) is 0 Å². The van der Waals surface area contributed by atoms with Gasteiger partial charge < -0.3 is 5.32 Å². The number of carbonyl (C=O) groups is 1. The van der Waals surface area contributed by atoms with Crippen LogP contribution in [0.2, 0.25) is 0 Å². The summed E-state index contributed by atoms with van der Waals surface area (Å²) in [4.78, 5) is 21.1. The molecule has 7 heteroatoms. The van der Waals surface area contributed by atoms with Crippen molar-refractivity contribution in [1.29, 1.82) is 0 Å². The maximum atomic E-state index is 13.0. The molecule has 1 heterocycles. The zero-order chi connectivity index (χ0) is 18.5. The lowest BCUT2D eigenvalue weighted by molar-refractivity contribution is 0.102. The van der Waals surface area contributed by atoms with Gasteiger partial charge in [0.2, 0.25) is 0 Å². The van der Waals surface area contributed by atoms with Crippen LogP contribution in [0.25, 0.3) is 0 Å². The van der Waals surface area contributed by atoms with E-state index in [-0.39, 0.29) is 17.4 Å². The van der Waals surface area contributed by atoms with Crippen LogP contribution in [0.1, 0.15) is 21.6 Å². The largest absolute Gasteiger partial charge is 0.321 e. The van der Waals surface area contributed by atoms with Crippen molar-refractivity contribution >= 4 is 39.3 Å². The highest BCUT2D eigenvalue weighted by molar-refractivity contribution is 9.10. The lowest BCUT2D eigenvalue weighted by Crippen LogP contribution is -2.15. The maximum Gasteiger partial charge on any atom is 0.275 e. The molecule has 0 aliphatic rings. The third-order valence-corrected chi connectivity index (χ3v) is 5.01. The predicted molar refractivity (Wildman–Crippen MR) is 105 cm³/mol. The molecule has 0 bridgehead atoms. The summed E-state index contributed by atoms with van der Waals surface area (Å²) in [7, 11) is 0. The first-order valence-corrected chi connectivity index (χ1v) is 9.57. The van der Waals surface area contributed by atoms with Crippen LogP contribution < -0.4 is 5.32 Å². The highest BCUT2D eigenvalue weighted by atomic mass is 79.9. The smallest absolute Gasteiger partial charge is 0.275 e. The van der Waals surface area contributed by atoms with Crippen LogP contribution in [0.3, 0.4) is 0 Å². The summed E-state index contributed by atoms with van der Waals surface area (Å²) in [6, 6.07) is 13.8. The van der Waals surface area contributed by atoms with E-state index >= 15 is 0 Å². The molecule has 4 nitrogen and oxygen atoms in total. The number of thioether (sulfide) groups is 1. The second kappa shape index (κ2) is 8.42. The van der Waals surface area contributed by atoms with E-state index < -0.39 is 0 Å². The molecule has 0 aliphatic heterocycles. The Bertz CT molecular complexity index is 934. The van der Waals surface area contributed by atoms with Crippen molar-refractivity contribution < 1.29 is 9.18 Å². The fourth-order valence-electron chi connectivity index (χ4n) is 2.22. The van der Waals surface area contributed by atoms with Gasteiger partial charge >= 0.3 is 0 Å². The summed E-state index contributed by atoms with van der Waals surface area (Å²) in [5, 5.41) is 3.32. The topological polar surface area (TPSA) is 54.9 Å². The number of rotatable bonds is 5. The number of amides is 1. The third kappa shape index (κ3) is 4.89. The van der Waals surface area contributed by atoms with Crippen LogP contribution in [-0.2, 0) is 5.75 Å². The minimum Gasteiger partial charge on any atom is -0.321 e. The van der Waals surface area contributed by atoms with Gasteiger partial charge in [-0.05, 0) is 58.2 Å². The van der Waals surface area contributed by atoms with Crippen LogP contribution >= 0.6 is 27.7 Å². The Morgan fingerprint density at radius 1 is 1.23 bits per heavy atom. The van der Waals surface area contributed by atoms with E-state index in [1.165, 1.54) is 23.9 Å². The average Bonchev–Trinajstić information content (AvgIpc) is 2.62. The van der Waals surface area contributed by atoms with Crippen molar-refractivity contribution in [2.45, 2.75) is 17.8 Å². The van der Waals surface area contributed by atoms with Gasteiger partial charge in [0.15, 0.2) is 5.16 Å². The summed E-state index contributed by atoms with van der Waals surface area (Å²) in [6.07, 6.45) is 1.56. The molecule has 0 atom stereocenters. The van der Waals surface area contributed by atoms with Gasteiger partial charge in [0.1, 0.15) is 11.5 Å². The molecule has 3 aromatic rings. The Kier molecular flexibility index (Phi) is 6.00. The summed E-state index contributed by atoms with van der Waals surface area (Å²) in [6.45, 7) is 1.96. The van der Waals surface area contributed by atoms with Gasteiger partial charge in [0.25, 0.3) is 5.91 Å². The van der Waals surface area contributed by atoms with E-state index in [0.29, 0.717) is 21.1 Å². The minimum absolute atomic E-state index is 0.267. The Balaban J connectivity index is 1.72. The standard InChI is InChI=1S/C19H15BrFN3OS/c1-12-3-2-4-15(9-12)23-18(25)17-16(20)10-22-19(24-17)26-11-13-5-7-14(21)8-6-13/h2-10H,11H2,1H3,(H,23,25). The number of benzene rings is 2. The molecule has 26 heavy (non-hydrogen) atoms. The molecule has 0 aliphatic carbocycles. The zero-order valence-electron chi connectivity index (χ0n) is 13.9. The van der Waals surface area contributed by atoms with Crippen LogP contribution in [0.15, 0.2) is 64.4 Å². The Hall–Kier alpha value is -2.25. The van der Waals surface area contributed by atoms with E-state index in [1.54, 1.807) is 18.3 Å². The van der Waals surface area contributed by atoms with Crippen LogP contribution in [0.4, 0.5) is 10.1 Å². The normalized spacial score (nSPS) is 10.6. The summed E-state index contributed by atoms with van der Waals surface area (Å²) >= 11 is 4.71. The maximum absolute atomic E-state index is 13.0. The molecule has 132 valence electrons. The van der Waals surface area contributed by atoms with Crippen LogP contribution in [0.5, 0.6) is 0 Å². The van der Waals surface area contributed by atoms with Gasteiger partial charge in [-0.2, -0.15) is 0 Å². The number of halogens is 2. The average molecular weight is 432 g/mol. The van der Waals surface area contributed by atoms with Crippen molar-refractivity contribution in [1.82, 2.24) is 9.97 Å².